The SMILES string of the molecule is O=C(Nc1ncccc1Br)c1ccnc(F)c1. The van der Waals surface area contributed by atoms with E-state index in [-0.39, 0.29) is 5.56 Å². The average Bonchev–Trinajstić information content (AvgIpc) is 2.32. The lowest BCUT2D eigenvalue weighted by molar-refractivity contribution is 0.102. The fraction of sp³-hybridized carbons (Fsp3) is 0. The molecule has 0 radical (unpaired) electrons. The summed E-state index contributed by atoms with van der Waals surface area (Å²) in [7, 11) is 0. The minimum absolute atomic E-state index is 0.190. The number of nitrogens with zero attached hydrogens (tertiary/aromatic N) is 2. The molecule has 2 aromatic rings. The minimum Gasteiger partial charge on any atom is -0.306 e. The van der Waals surface area contributed by atoms with Crippen molar-refractivity contribution in [1.82, 2.24) is 9.97 Å². The molecule has 2 heterocycles. The molecule has 0 aromatic carbocycles. The Balaban J connectivity index is 2.20. The maximum atomic E-state index is 12.8. The number of nitrogens with one attached hydrogen (secondary N) is 1. The van der Waals surface area contributed by atoms with Gasteiger partial charge in [0.25, 0.3) is 5.91 Å². The Hall–Kier alpha value is -1.82. The van der Waals surface area contributed by atoms with Crippen LogP contribution in [0.1, 0.15) is 10.4 Å². The van der Waals surface area contributed by atoms with Gasteiger partial charge in [-0.15, -0.1) is 0 Å². The van der Waals surface area contributed by atoms with E-state index in [1.165, 1.54) is 12.3 Å². The molecule has 86 valence electrons. The van der Waals surface area contributed by atoms with Gasteiger partial charge in [0.1, 0.15) is 5.82 Å². The molecule has 0 bridgehead atoms. The van der Waals surface area contributed by atoms with Gasteiger partial charge in [0.15, 0.2) is 0 Å². The summed E-state index contributed by atoms with van der Waals surface area (Å²) >= 11 is 3.25. The molecule has 1 N–H and O–H groups in total. The monoisotopic (exact) mass is 295 g/mol. The fourth-order valence-corrected chi connectivity index (χ4v) is 1.56. The standard InChI is InChI=1S/C11H7BrFN3O/c12-8-2-1-4-15-10(8)16-11(17)7-3-5-14-9(13)6-7/h1-6H,(H,15,16,17). The lowest BCUT2D eigenvalue weighted by Crippen LogP contribution is -2.13. The van der Waals surface area contributed by atoms with Gasteiger partial charge in [0.2, 0.25) is 5.95 Å². The smallest absolute Gasteiger partial charge is 0.257 e. The predicted octanol–water partition coefficient (Wildman–Crippen LogP) is 2.63. The van der Waals surface area contributed by atoms with Crippen LogP contribution in [0.4, 0.5) is 10.2 Å². The van der Waals surface area contributed by atoms with Gasteiger partial charge in [-0.05, 0) is 34.1 Å². The van der Waals surface area contributed by atoms with Crippen LogP contribution in [0.3, 0.4) is 0 Å². The zero-order valence-electron chi connectivity index (χ0n) is 8.52. The molecule has 6 heteroatoms. The van der Waals surface area contributed by atoms with Crippen molar-refractivity contribution in [3.63, 3.8) is 0 Å². The highest BCUT2D eigenvalue weighted by molar-refractivity contribution is 9.10. The minimum atomic E-state index is -0.697. The van der Waals surface area contributed by atoms with Crippen LogP contribution in [0, 0.1) is 5.95 Å². The van der Waals surface area contributed by atoms with Crippen LogP contribution < -0.4 is 5.32 Å². The maximum Gasteiger partial charge on any atom is 0.257 e. The predicted molar refractivity (Wildman–Crippen MR) is 64.1 cm³/mol. The van der Waals surface area contributed by atoms with Gasteiger partial charge in [-0.2, -0.15) is 4.39 Å². The molecule has 0 spiro atoms. The number of carbonyl (C=O) groups is 1. The van der Waals surface area contributed by atoms with Crippen LogP contribution >= 0.6 is 15.9 Å². The Morgan fingerprint density at radius 1 is 1.29 bits per heavy atom. The van der Waals surface area contributed by atoms with Crippen molar-refractivity contribution in [3.05, 3.63) is 52.6 Å². The number of pyridine rings is 2. The van der Waals surface area contributed by atoms with Gasteiger partial charge >= 0.3 is 0 Å². The molecule has 0 aliphatic heterocycles. The third kappa shape index (κ3) is 2.85. The average molecular weight is 296 g/mol. The summed E-state index contributed by atoms with van der Waals surface area (Å²) in [5.41, 5.74) is 0.190. The molecule has 0 unspecified atom stereocenters. The summed E-state index contributed by atoms with van der Waals surface area (Å²) < 4.78 is 13.5. The summed E-state index contributed by atoms with van der Waals surface area (Å²) in [6.45, 7) is 0. The molecule has 1 amide bonds. The lowest BCUT2D eigenvalue weighted by atomic mass is 10.2. The zero-order valence-corrected chi connectivity index (χ0v) is 10.1. The van der Waals surface area contributed by atoms with E-state index in [4.69, 9.17) is 0 Å². The Morgan fingerprint density at radius 3 is 2.82 bits per heavy atom. The van der Waals surface area contributed by atoms with Crippen LogP contribution in [0.15, 0.2) is 41.1 Å². The van der Waals surface area contributed by atoms with E-state index < -0.39 is 11.9 Å². The van der Waals surface area contributed by atoms with Crippen molar-refractivity contribution < 1.29 is 9.18 Å². The number of carbonyl (C=O) groups excluding carboxylic acids is 1. The van der Waals surface area contributed by atoms with Crippen LogP contribution in [0.25, 0.3) is 0 Å². The normalized spacial score (nSPS) is 10.0. The van der Waals surface area contributed by atoms with Crippen molar-refractivity contribution in [2.24, 2.45) is 0 Å². The molecular weight excluding hydrogens is 289 g/mol. The molecule has 0 saturated carbocycles. The number of rotatable bonds is 2. The second-order valence-electron chi connectivity index (χ2n) is 3.16. The van der Waals surface area contributed by atoms with Crippen LogP contribution in [-0.2, 0) is 0 Å². The first-order valence-corrected chi connectivity index (χ1v) is 5.49. The third-order valence-electron chi connectivity index (χ3n) is 1.98. The van der Waals surface area contributed by atoms with Crippen molar-refractivity contribution in [3.8, 4) is 0 Å². The van der Waals surface area contributed by atoms with Gasteiger partial charge in [0.05, 0.1) is 4.47 Å². The number of halogens is 2. The van der Waals surface area contributed by atoms with E-state index in [9.17, 15) is 9.18 Å². The first kappa shape index (κ1) is 11.7. The molecular formula is C11H7BrFN3O. The van der Waals surface area contributed by atoms with Gasteiger partial charge in [-0.3, -0.25) is 4.79 Å². The van der Waals surface area contributed by atoms with Gasteiger partial charge in [0, 0.05) is 24.0 Å². The highest BCUT2D eigenvalue weighted by atomic mass is 79.9. The first-order valence-electron chi connectivity index (χ1n) is 4.70. The molecule has 0 saturated heterocycles. The molecule has 0 atom stereocenters. The summed E-state index contributed by atoms with van der Waals surface area (Å²) in [4.78, 5) is 19.1. The van der Waals surface area contributed by atoms with Crippen LogP contribution in [-0.4, -0.2) is 15.9 Å². The number of anilines is 1. The highest BCUT2D eigenvalue weighted by Gasteiger charge is 2.09. The van der Waals surface area contributed by atoms with E-state index >= 15 is 0 Å². The van der Waals surface area contributed by atoms with E-state index in [1.807, 2.05) is 0 Å². The number of amides is 1. The molecule has 0 fully saturated rings. The van der Waals surface area contributed by atoms with Crippen molar-refractivity contribution in [2.75, 3.05) is 5.32 Å². The van der Waals surface area contributed by atoms with Crippen molar-refractivity contribution in [1.29, 1.82) is 0 Å². The van der Waals surface area contributed by atoms with Gasteiger partial charge in [-0.25, -0.2) is 9.97 Å². The lowest BCUT2D eigenvalue weighted by Gasteiger charge is -2.05. The highest BCUT2D eigenvalue weighted by Crippen LogP contribution is 2.18. The number of hydrogen-bond acceptors (Lipinski definition) is 3. The molecule has 2 aromatic heterocycles. The van der Waals surface area contributed by atoms with Crippen LogP contribution in [0.2, 0.25) is 0 Å². The Labute approximate surface area is 105 Å². The van der Waals surface area contributed by atoms with E-state index in [0.29, 0.717) is 10.3 Å². The quantitative estimate of drug-likeness (QED) is 0.867. The molecule has 4 nitrogen and oxygen atoms in total. The van der Waals surface area contributed by atoms with Gasteiger partial charge in [-0.1, -0.05) is 0 Å². The Morgan fingerprint density at radius 2 is 2.12 bits per heavy atom. The zero-order chi connectivity index (χ0) is 12.3. The van der Waals surface area contributed by atoms with Crippen LogP contribution in [0.5, 0.6) is 0 Å². The van der Waals surface area contributed by atoms with E-state index in [0.717, 1.165) is 6.07 Å². The molecule has 0 aliphatic carbocycles. The summed E-state index contributed by atoms with van der Waals surface area (Å²) in [6, 6.07) is 5.96. The summed E-state index contributed by atoms with van der Waals surface area (Å²) in [6.07, 6.45) is 2.78. The van der Waals surface area contributed by atoms with Gasteiger partial charge < -0.3 is 5.32 Å². The molecule has 0 aliphatic rings. The largest absolute Gasteiger partial charge is 0.306 e. The first-order chi connectivity index (χ1) is 8.16. The van der Waals surface area contributed by atoms with Crippen molar-refractivity contribution in [2.45, 2.75) is 0 Å². The summed E-state index contributed by atoms with van der Waals surface area (Å²) in [5.74, 6) is -0.752. The fourth-order valence-electron chi connectivity index (χ4n) is 1.20. The molecule has 17 heavy (non-hydrogen) atoms. The van der Waals surface area contributed by atoms with E-state index in [2.05, 4.69) is 31.2 Å². The topological polar surface area (TPSA) is 54.9 Å². The summed E-state index contributed by atoms with van der Waals surface area (Å²) in [5, 5.41) is 2.56. The maximum absolute atomic E-state index is 12.8. The van der Waals surface area contributed by atoms with Crippen molar-refractivity contribution >= 4 is 27.7 Å². The number of hydrogen-bond donors (Lipinski definition) is 1. The Kier molecular flexibility index (Phi) is 3.43. The second-order valence-corrected chi connectivity index (χ2v) is 4.01. The Bertz CT molecular complexity index is 562. The van der Waals surface area contributed by atoms with E-state index in [1.54, 1.807) is 18.3 Å². The second kappa shape index (κ2) is 5.01. The third-order valence-corrected chi connectivity index (χ3v) is 2.62. The molecule has 2 rings (SSSR count). The number of aromatic nitrogens is 2.